The molecule has 0 saturated carbocycles. The van der Waals surface area contributed by atoms with Gasteiger partial charge in [0.1, 0.15) is 4.99 Å². The number of aromatic nitrogens is 1. The van der Waals surface area contributed by atoms with Gasteiger partial charge in [-0.1, -0.05) is 18.3 Å². The molecule has 3 N–H and O–H groups in total. The molecule has 0 fully saturated rings. The molecular weight excluding hydrogens is 346 g/mol. The Labute approximate surface area is 136 Å². The van der Waals surface area contributed by atoms with Gasteiger partial charge in [-0.05, 0) is 58.4 Å². The number of halogens is 1. The molecule has 0 aliphatic carbocycles. The zero-order valence-electron chi connectivity index (χ0n) is 11.0. The van der Waals surface area contributed by atoms with E-state index in [-0.39, 0.29) is 0 Å². The summed E-state index contributed by atoms with van der Waals surface area (Å²) in [7, 11) is 0. The van der Waals surface area contributed by atoms with Crippen LogP contribution in [0.2, 0.25) is 0 Å². The van der Waals surface area contributed by atoms with E-state index in [1.165, 1.54) is 0 Å². The smallest absolute Gasteiger partial charge is 0.104 e. The number of nitrogens with zero attached hydrogens (tertiary/aromatic N) is 1. The maximum atomic E-state index is 5.63. The van der Waals surface area contributed by atoms with Crippen LogP contribution in [0.15, 0.2) is 59.2 Å². The minimum atomic E-state index is 0.388. The lowest BCUT2D eigenvalue weighted by Gasteiger charge is -2.10. The van der Waals surface area contributed by atoms with Crippen LogP contribution >= 0.6 is 28.1 Å². The van der Waals surface area contributed by atoms with E-state index in [2.05, 4.69) is 32.3 Å². The molecule has 5 heteroatoms. The van der Waals surface area contributed by atoms with Gasteiger partial charge in [-0.3, -0.25) is 4.98 Å². The summed E-state index contributed by atoms with van der Waals surface area (Å²) in [4.78, 5) is 4.70. The van der Waals surface area contributed by atoms with Crippen LogP contribution in [0.5, 0.6) is 0 Å². The topological polar surface area (TPSA) is 50.9 Å². The van der Waals surface area contributed by atoms with Crippen molar-refractivity contribution in [1.82, 2.24) is 4.98 Å². The molecule has 0 atom stereocenters. The quantitative estimate of drug-likeness (QED) is 0.683. The predicted molar refractivity (Wildman–Crippen MR) is 95.1 cm³/mol. The largest absolute Gasteiger partial charge is 0.389 e. The Kier molecular flexibility index (Phi) is 3.86. The molecule has 0 aliphatic rings. The Morgan fingerprint density at radius 3 is 2.76 bits per heavy atom. The van der Waals surface area contributed by atoms with E-state index < -0.39 is 0 Å². The predicted octanol–water partition coefficient (Wildman–Crippen LogP) is 4.38. The minimum Gasteiger partial charge on any atom is -0.389 e. The van der Waals surface area contributed by atoms with Crippen LogP contribution in [0.4, 0.5) is 11.4 Å². The number of fused-ring (bicyclic) bond motifs is 1. The highest BCUT2D eigenvalue weighted by Gasteiger charge is 2.04. The molecule has 0 aliphatic heterocycles. The van der Waals surface area contributed by atoms with Gasteiger partial charge in [0.15, 0.2) is 0 Å². The average Bonchev–Trinajstić information content (AvgIpc) is 2.49. The van der Waals surface area contributed by atoms with Gasteiger partial charge in [-0.2, -0.15) is 0 Å². The summed E-state index contributed by atoms with van der Waals surface area (Å²) in [5.74, 6) is 0. The molecule has 0 radical (unpaired) electrons. The first kappa shape index (κ1) is 14.0. The zero-order chi connectivity index (χ0) is 14.8. The zero-order valence-corrected chi connectivity index (χ0v) is 13.4. The molecular formula is C16H12BrN3S. The molecule has 1 aromatic heterocycles. The average molecular weight is 358 g/mol. The van der Waals surface area contributed by atoms with Crippen molar-refractivity contribution >= 4 is 55.4 Å². The van der Waals surface area contributed by atoms with Crippen molar-refractivity contribution < 1.29 is 0 Å². The van der Waals surface area contributed by atoms with Crippen molar-refractivity contribution in [1.29, 1.82) is 0 Å². The molecule has 3 aromatic rings. The van der Waals surface area contributed by atoms with E-state index in [0.29, 0.717) is 4.99 Å². The fourth-order valence-corrected chi connectivity index (χ4v) is 2.68. The van der Waals surface area contributed by atoms with Gasteiger partial charge in [0.05, 0.1) is 11.2 Å². The van der Waals surface area contributed by atoms with Gasteiger partial charge in [-0.15, -0.1) is 0 Å². The molecule has 0 unspecified atom stereocenters. The summed E-state index contributed by atoms with van der Waals surface area (Å²) in [5, 5.41) is 4.47. The molecule has 0 saturated heterocycles. The molecule has 104 valence electrons. The Hall–Kier alpha value is -1.98. The summed E-state index contributed by atoms with van der Waals surface area (Å²) in [6, 6.07) is 15.8. The minimum absolute atomic E-state index is 0.388. The van der Waals surface area contributed by atoms with E-state index in [1.54, 1.807) is 6.20 Å². The molecule has 2 aromatic carbocycles. The third-order valence-corrected chi connectivity index (χ3v) is 4.03. The molecule has 21 heavy (non-hydrogen) atoms. The first-order chi connectivity index (χ1) is 10.1. The van der Waals surface area contributed by atoms with Gasteiger partial charge in [0.25, 0.3) is 0 Å². The highest BCUT2D eigenvalue weighted by Crippen LogP contribution is 2.28. The lowest BCUT2D eigenvalue weighted by molar-refractivity contribution is 1.41. The van der Waals surface area contributed by atoms with Gasteiger partial charge in [0.2, 0.25) is 0 Å². The fraction of sp³-hybridized carbons (Fsp3) is 0. The van der Waals surface area contributed by atoms with Crippen molar-refractivity contribution in [3.8, 4) is 0 Å². The fourth-order valence-electron chi connectivity index (χ4n) is 2.08. The number of rotatable bonds is 3. The van der Waals surface area contributed by atoms with Gasteiger partial charge in [0, 0.05) is 27.3 Å². The SMILES string of the molecule is NC(=S)c1ccc(Nc2ccc3ncccc3c2)c(Br)c1. The monoisotopic (exact) mass is 357 g/mol. The molecule has 0 amide bonds. The highest BCUT2D eigenvalue weighted by molar-refractivity contribution is 9.10. The number of benzene rings is 2. The van der Waals surface area contributed by atoms with Crippen LogP contribution in [0.25, 0.3) is 10.9 Å². The molecule has 3 nitrogen and oxygen atoms in total. The molecule has 3 rings (SSSR count). The molecule has 0 bridgehead atoms. The lowest BCUT2D eigenvalue weighted by Crippen LogP contribution is -2.09. The third kappa shape index (κ3) is 3.04. The van der Waals surface area contributed by atoms with E-state index in [1.807, 2.05) is 42.5 Å². The molecule has 1 heterocycles. The number of nitrogens with one attached hydrogen (secondary N) is 1. The summed E-state index contributed by atoms with van der Waals surface area (Å²) in [6.45, 7) is 0. The standard InChI is InChI=1S/C16H12BrN3S/c17-13-9-11(16(18)21)3-5-15(13)20-12-4-6-14-10(8-12)2-1-7-19-14/h1-9,20H,(H2,18,21). The van der Waals surface area contributed by atoms with Crippen LogP contribution in [0.3, 0.4) is 0 Å². The number of hydrogen-bond acceptors (Lipinski definition) is 3. The Morgan fingerprint density at radius 2 is 2.00 bits per heavy atom. The summed E-state index contributed by atoms with van der Waals surface area (Å²) < 4.78 is 0.916. The van der Waals surface area contributed by atoms with Crippen molar-refractivity contribution in [3.63, 3.8) is 0 Å². The van der Waals surface area contributed by atoms with Gasteiger partial charge in [-0.25, -0.2) is 0 Å². The summed E-state index contributed by atoms with van der Waals surface area (Å²) >= 11 is 8.51. The van der Waals surface area contributed by atoms with Crippen LogP contribution in [-0.2, 0) is 0 Å². The van der Waals surface area contributed by atoms with Crippen molar-refractivity contribution in [2.75, 3.05) is 5.32 Å². The van der Waals surface area contributed by atoms with Crippen LogP contribution in [0, 0.1) is 0 Å². The van der Waals surface area contributed by atoms with Gasteiger partial charge < -0.3 is 11.1 Å². The second kappa shape index (κ2) is 5.79. The Morgan fingerprint density at radius 1 is 1.14 bits per heavy atom. The number of anilines is 2. The van der Waals surface area contributed by atoms with Crippen LogP contribution in [-0.4, -0.2) is 9.97 Å². The van der Waals surface area contributed by atoms with Crippen molar-refractivity contribution in [2.45, 2.75) is 0 Å². The van der Waals surface area contributed by atoms with E-state index in [0.717, 1.165) is 32.3 Å². The van der Waals surface area contributed by atoms with Crippen LogP contribution < -0.4 is 11.1 Å². The van der Waals surface area contributed by atoms with E-state index in [9.17, 15) is 0 Å². The summed E-state index contributed by atoms with van der Waals surface area (Å²) in [6.07, 6.45) is 1.79. The second-order valence-corrected chi connectivity index (χ2v) is 5.89. The summed E-state index contributed by atoms with van der Waals surface area (Å²) in [5.41, 5.74) is 9.40. The maximum Gasteiger partial charge on any atom is 0.104 e. The van der Waals surface area contributed by atoms with Crippen molar-refractivity contribution in [3.05, 3.63) is 64.8 Å². The highest BCUT2D eigenvalue weighted by atomic mass is 79.9. The second-order valence-electron chi connectivity index (χ2n) is 4.59. The lowest BCUT2D eigenvalue weighted by atomic mass is 10.1. The Bertz CT molecular complexity index is 833. The van der Waals surface area contributed by atoms with E-state index >= 15 is 0 Å². The first-order valence-electron chi connectivity index (χ1n) is 6.34. The number of nitrogens with two attached hydrogens (primary N) is 1. The van der Waals surface area contributed by atoms with Gasteiger partial charge >= 0.3 is 0 Å². The molecule has 0 spiro atoms. The number of hydrogen-bond donors (Lipinski definition) is 2. The third-order valence-electron chi connectivity index (χ3n) is 3.14. The van der Waals surface area contributed by atoms with Crippen LogP contribution in [0.1, 0.15) is 5.56 Å². The first-order valence-corrected chi connectivity index (χ1v) is 7.55. The van der Waals surface area contributed by atoms with Crippen molar-refractivity contribution in [2.24, 2.45) is 5.73 Å². The normalized spacial score (nSPS) is 10.5. The van der Waals surface area contributed by atoms with E-state index in [4.69, 9.17) is 18.0 Å². The Balaban J connectivity index is 1.93. The number of thiocarbonyl (C=S) groups is 1. The number of pyridine rings is 1. The maximum absolute atomic E-state index is 5.63.